The van der Waals surface area contributed by atoms with E-state index in [2.05, 4.69) is 17.0 Å². The average Bonchev–Trinajstić information content (AvgIpc) is 2.88. The number of aliphatic hydroxyl groups is 1. The molecule has 0 aliphatic rings. The lowest BCUT2D eigenvalue weighted by atomic mass is 9.96. The van der Waals surface area contributed by atoms with Crippen LogP contribution in [0.5, 0.6) is 0 Å². The fraction of sp³-hybridized carbons (Fsp3) is 0.467. The first kappa shape index (κ1) is 15.0. The van der Waals surface area contributed by atoms with Crippen molar-refractivity contribution in [3.05, 3.63) is 47.0 Å². The molecule has 0 spiro atoms. The van der Waals surface area contributed by atoms with Crippen LogP contribution in [-0.4, -0.2) is 26.5 Å². The molecule has 0 fully saturated rings. The standard InChI is InChI=1S/C15H20ClN3O/c1-2-7-19-15(17-11-18-19)9-12(10-20)8-13-5-3-4-6-14(13)16/h3-6,11-12,20H,2,7-10H2,1H3. The van der Waals surface area contributed by atoms with Crippen molar-refractivity contribution in [1.29, 1.82) is 0 Å². The summed E-state index contributed by atoms with van der Waals surface area (Å²) in [5, 5.41) is 14.6. The number of hydrogen-bond donors (Lipinski definition) is 1. The van der Waals surface area contributed by atoms with E-state index in [1.165, 1.54) is 0 Å². The highest BCUT2D eigenvalue weighted by atomic mass is 35.5. The molecule has 2 aromatic rings. The Hall–Kier alpha value is -1.39. The quantitative estimate of drug-likeness (QED) is 0.854. The third-order valence-corrected chi connectivity index (χ3v) is 3.70. The smallest absolute Gasteiger partial charge is 0.138 e. The molecule has 0 amide bonds. The minimum atomic E-state index is 0.106. The van der Waals surface area contributed by atoms with Gasteiger partial charge in [0.2, 0.25) is 0 Å². The van der Waals surface area contributed by atoms with Gasteiger partial charge in [-0.25, -0.2) is 4.98 Å². The van der Waals surface area contributed by atoms with Crippen LogP contribution >= 0.6 is 11.6 Å². The minimum Gasteiger partial charge on any atom is -0.396 e. The molecular formula is C15H20ClN3O. The van der Waals surface area contributed by atoms with Crippen LogP contribution in [0.1, 0.15) is 24.7 Å². The van der Waals surface area contributed by atoms with Crippen LogP contribution in [0.15, 0.2) is 30.6 Å². The molecule has 108 valence electrons. The lowest BCUT2D eigenvalue weighted by Gasteiger charge is -2.15. The Bertz CT molecular complexity index is 541. The van der Waals surface area contributed by atoms with Crippen molar-refractivity contribution in [2.45, 2.75) is 32.7 Å². The third-order valence-electron chi connectivity index (χ3n) is 3.33. The largest absolute Gasteiger partial charge is 0.396 e. The molecular weight excluding hydrogens is 274 g/mol. The second kappa shape index (κ2) is 7.41. The summed E-state index contributed by atoms with van der Waals surface area (Å²) in [5.74, 6) is 1.03. The van der Waals surface area contributed by atoms with Crippen molar-refractivity contribution in [3.63, 3.8) is 0 Å². The molecule has 20 heavy (non-hydrogen) atoms. The molecule has 5 heteroatoms. The maximum Gasteiger partial charge on any atom is 0.138 e. The SMILES string of the molecule is CCCn1ncnc1CC(CO)Cc1ccccc1Cl. The van der Waals surface area contributed by atoms with Gasteiger partial charge in [-0.15, -0.1) is 0 Å². The van der Waals surface area contributed by atoms with Gasteiger partial charge in [0.05, 0.1) is 0 Å². The van der Waals surface area contributed by atoms with Gasteiger partial charge in [-0.05, 0) is 30.4 Å². The average molecular weight is 294 g/mol. The Kier molecular flexibility index (Phi) is 5.56. The highest BCUT2D eigenvalue weighted by molar-refractivity contribution is 6.31. The van der Waals surface area contributed by atoms with E-state index in [0.29, 0.717) is 6.42 Å². The summed E-state index contributed by atoms with van der Waals surface area (Å²) in [4.78, 5) is 4.29. The zero-order valence-electron chi connectivity index (χ0n) is 11.7. The van der Waals surface area contributed by atoms with Gasteiger partial charge in [-0.1, -0.05) is 36.7 Å². The number of nitrogens with zero attached hydrogens (tertiary/aromatic N) is 3. The fourth-order valence-corrected chi connectivity index (χ4v) is 2.49. The summed E-state index contributed by atoms with van der Waals surface area (Å²) in [6.45, 7) is 3.09. The topological polar surface area (TPSA) is 50.9 Å². The van der Waals surface area contributed by atoms with Gasteiger partial charge in [0.15, 0.2) is 0 Å². The van der Waals surface area contributed by atoms with Gasteiger partial charge in [-0.2, -0.15) is 5.10 Å². The summed E-state index contributed by atoms with van der Waals surface area (Å²) < 4.78 is 1.91. The van der Waals surface area contributed by atoms with Crippen LogP contribution in [0, 0.1) is 5.92 Å². The summed E-state index contributed by atoms with van der Waals surface area (Å²) in [7, 11) is 0. The predicted molar refractivity (Wildman–Crippen MR) is 79.7 cm³/mol. The zero-order chi connectivity index (χ0) is 14.4. The van der Waals surface area contributed by atoms with Crippen LogP contribution in [0.3, 0.4) is 0 Å². The van der Waals surface area contributed by atoms with Crippen molar-refractivity contribution in [2.75, 3.05) is 6.61 Å². The summed E-state index contributed by atoms with van der Waals surface area (Å²) in [6, 6.07) is 7.76. The van der Waals surface area contributed by atoms with Gasteiger partial charge in [0.25, 0.3) is 0 Å². The van der Waals surface area contributed by atoms with E-state index in [4.69, 9.17) is 11.6 Å². The summed E-state index contributed by atoms with van der Waals surface area (Å²) in [6.07, 6.45) is 4.05. The van der Waals surface area contributed by atoms with Crippen LogP contribution < -0.4 is 0 Å². The monoisotopic (exact) mass is 293 g/mol. The minimum absolute atomic E-state index is 0.106. The van der Waals surface area contributed by atoms with Crippen LogP contribution in [0.2, 0.25) is 5.02 Å². The molecule has 0 aliphatic carbocycles. The van der Waals surface area contributed by atoms with Crippen LogP contribution in [-0.2, 0) is 19.4 Å². The van der Waals surface area contributed by atoms with Crippen molar-refractivity contribution in [3.8, 4) is 0 Å². The zero-order valence-corrected chi connectivity index (χ0v) is 12.4. The number of aryl methyl sites for hydroxylation is 1. The van der Waals surface area contributed by atoms with E-state index < -0.39 is 0 Å². The fourth-order valence-electron chi connectivity index (χ4n) is 2.28. The summed E-state index contributed by atoms with van der Waals surface area (Å²) in [5.41, 5.74) is 1.06. The van der Waals surface area contributed by atoms with E-state index in [9.17, 15) is 5.11 Å². The first-order valence-corrected chi connectivity index (χ1v) is 7.33. The van der Waals surface area contributed by atoms with Crippen LogP contribution in [0.25, 0.3) is 0 Å². The molecule has 4 nitrogen and oxygen atoms in total. The predicted octanol–water partition coefficient (Wildman–Crippen LogP) is 2.74. The number of halogens is 1. The van der Waals surface area contributed by atoms with Gasteiger partial charge in [0, 0.05) is 24.6 Å². The molecule has 0 radical (unpaired) electrons. The Morgan fingerprint density at radius 2 is 2.10 bits per heavy atom. The first-order valence-electron chi connectivity index (χ1n) is 6.95. The van der Waals surface area contributed by atoms with E-state index >= 15 is 0 Å². The second-order valence-corrected chi connectivity index (χ2v) is 5.35. The lowest BCUT2D eigenvalue weighted by molar-refractivity contribution is 0.221. The molecule has 1 aromatic heterocycles. The molecule has 1 atom stereocenters. The van der Waals surface area contributed by atoms with Crippen molar-refractivity contribution in [2.24, 2.45) is 5.92 Å². The summed E-state index contributed by atoms with van der Waals surface area (Å²) >= 11 is 6.17. The molecule has 1 N–H and O–H groups in total. The molecule has 0 bridgehead atoms. The highest BCUT2D eigenvalue weighted by Crippen LogP contribution is 2.20. The molecule has 0 saturated heterocycles. The first-order chi connectivity index (χ1) is 9.74. The molecule has 1 heterocycles. The maximum absolute atomic E-state index is 9.60. The number of aromatic nitrogens is 3. The van der Waals surface area contributed by atoms with Gasteiger partial charge in [-0.3, -0.25) is 4.68 Å². The third kappa shape index (κ3) is 3.81. The molecule has 2 rings (SSSR count). The normalized spacial score (nSPS) is 12.6. The number of hydrogen-bond acceptors (Lipinski definition) is 3. The Labute approximate surface area is 124 Å². The lowest BCUT2D eigenvalue weighted by Crippen LogP contribution is -2.17. The van der Waals surface area contributed by atoms with E-state index in [-0.39, 0.29) is 12.5 Å². The molecule has 1 unspecified atom stereocenters. The number of aliphatic hydroxyl groups excluding tert-OH is 1. The molecule has 1 aromatic carbocycles. The molecule has 0 aliphatic heterocycles. The van der Waals surface area contributed by atoms with E-state index in [1.54, 1.807) is 6.33 Å². The number of rotatable bonds is 7. The van der Waals surface area contributed by atoms with E-state index in [0.717, 1.165) is 35.8 Å². The second-order valence-electron chi connectivity index (χ2n) is 4.95. The van der Waals surface area contributed by atoms with Crippen molar-refractivity contribution in [1.82, 2.24) is 14.8 Å². The van der Waals surface area contributed by atoms with Gasteiger partial charge in [0.1, 0.15) is 12.2 Å². The van der Waals surface area contributed by atoms with Gasteiger partial charge < -0.3 is 5.11 Å². The van der Waals surface area contributed by atoms with Crippen molar-refractivity contribution >= 4 is 11.6 Å². The Morgan fingerprint density at radius 3 is 2.80 bits per heavy atom. The maximum atomic E-state index is 9.60. The van der Waals surface area contributed by atoms with Crippen LogP contribution in [0.4, 0.5) is 0 Å². The Balaban J connectivity index is 2.05. The Morgan fingerprint density at radius 1 is 1.30 bits per heavy atom. The highest BCUT2D eigenvalue weighted by Gasteiger charge is 2.15. The number of benzene rings is 1. The van der Waals surface area contributed by atoms with Gasteiger partial charge >= 0.3 is 0 Å². The van der Waals surface area contributed by atoms with E-state index in [1.807, 2.05) is 28.9 Å². The molecule has 0 saturated carbocycles. The van der Waals surface area contributed by atoms with Crippen molar-refractivity contribution < 1.29 is 5.11 Å².